The van der Waals surface area contributed by atoms with Crippen LogP contribution in [0.3, 0.4) is 0 Å². The zero-order chi connectivity index (χ0) is 12.3. The molecule has 1 unspecified atom stereocenters. The third-order valence-electron chi connectivity index (χ3n) is 2.93. The number of hydrogen-bond donors (Lipinski definition) is 1. The van der Waals surface area contributed by atoms with Crippen molar-refractivity contribution < 1.29 is 4.74 Å². The van der Waals surface area contributed by atoms with E-state index in [2.05, 4.69) is 9.97 Å². The number of nitrogens with zero attached hydrogens (tertiary/aromatic N) is 2. The van der Waals surface area contributed by atoms with Gasteiger partial charge in [-0.1, -0.05) is 6.92 Å². The normalized spacial score (nSPS) is 19.8. The smallest absolute Gasteiger partial charge is 0.131 e. The Morgan fingerprint density at radius 3 is 2.94 bits per heavy atom. The molecule has 0 amide bonds. The van der Waals surface area contributed by atoms with Crippen molar-refractivity contribution in [2.24, 2.45) is 0 Å². The zero-order valence-electron chi connectivity index (χ0n) is 10.4. The maximum absolute atomic E-state index is 5.89. The van der Waals surface area contributed by atoms with E-state index in [1.807, 2.05) is 13.8 Å². The van der Waals surface area contributed by atoms with Crippen LogP contribution in [0.15, 0.2) is 5.03 Å². The molecule has 0 bridgehead atoms. The number of aryl methyl sites for hydroxylation is 1. The fraction of sp³-hybridized carbons (Fsp3) is 0.667. The topological polar surface area (TPSA) is 61.0 Å². The van der Waals surface area contributed by atoms with Crippen molar-refractivity contribution in [2.75, 3.05) is 18.1 Å². The van der Waals surface area contributed by atoms with Gasteiger partial charge in [-0.15, -0.1) is 11.8 Å². The predicted molar refractivity (Wildman–Crippen MR) is 70.3 cm³/mol. The van der Waals surface area contributed by atoms with Gasteiger partial charge in [0.1, 0.15) is 16.7 Å². The van der Waals surface area contributed by atoms with E-state index in [0.29, 0.717) is 11.9 Å². The molecule has 4 nitrogen and oxygen atoms in total. The van der Waals surface area contributed by atoms with E-state index in [1.165, 1.54) is 6.42 Å². The fourth-order valence-corrected chi connectivity index (χ4v) is 2.90. The van der Waals surface area contributed by atoms with Gasteiger partial charge in [0.05, 0.1) is 6.10 Å². The molecule has 1 aromatic heterocycles. The second kappa shape index (κ2) is 5.69. The molecule has 1 aliphatic heterocycles. The first-order chi connectivity index (χ1) is 8.20. The van der Waals surface area contributed by atoms with E-state index >= 15 is 0 Å². The molecule has 2 N–H and O–H groups in total. The Morgan fingerprint density at radius 1 is 1.47 bits per heavy atom. The van der Waals surface area contributed by atoms with Crippen LogP contribution in [0.2, 0.25) is 0 Å². The monoisotopic (exact) mass is 253 g/mol. The van der Waals surface area contributed by atoms with Gasteiger partial charge >= 0.3 is 0 Å². The van der Waals surface area contributed by atoms with Crippen LogP contribution >= 0.6 is 11.8 Å². The second-order valence-corrected chi connectivity index (χ2v) is 5.26. The maximum Gasteiger partial charge on any atom is 0.131 e. The summed E-state index contributed by atoms with van der Waals surface area (Å²) in [6.07, 6.45) is 3.53. The molecular formula is C12H19N3OS. The molecule has 0 aromatic carbocycles. The summed E-state index contributed by atoms with van der Waals surface area (Å²) in [5.74, 6) is 2.38. The van der Waals surface area contributed by atoms with Gasteiger partial charge in [-0.3, -0.25) is 0 Å². The Bertz CT molecular complexity index is 392. The summed E-state index contributed by atoms with van der Waals surface area (Å²) in [5.41, 5.74) is 6.88. The molecule has 0 radical (unpaired) electrons. The van der Waals surface area contributed by atoms with Gasteiger partial charge in [0.2, 0.25) is 0 Å². The van der Waals surface area contributed by atoms with E-state index in [4.69, 9.17) is 10.5 Å². The van der Waals surface area contributed by atoms with Crippen molar-refractivity contribution >= 4 is 17.6 Å². The molecule has 1 fully saturated rings. The van der Waals surface area contributed by atoms with Crippen LogP contribution in [-0.2, 0) is 11.2 Å². The number of ether oxygens (including phenoxy) is 1. The van der Waals surface area contributed by atoms with Gasteiger partial charge < -0.3 is 10.5 Å². The summed E-state index contributed by atoms with van der Waals surface area (Å²) in [6.45, 7) is 4.92. The first-order valence-electron chi connectivity index (χ1n) is 6.08. The van der Waals surface area contributed by atoms with Crippen molar-refractivity contribution in [1.82, 2.24) is 9.97 Å². The molecule has 0 aliphatic carbocycles. The van der Waals surface area contributed by atoms with E-state index < -0.39 is 0 Å². The van der Waals surface area contributed by atoms with Gasteiger partial charge in [0.25, 0.3) is 0 Å². The number of aromatic nitrogens is 2. The molecule has 17 heavy (non-hydrogen) atoms. The van der Waals surface area contributed by atoms with Crippen LogP contribution in [-0.4, -0.2) is 28.4 Å². The highest BCUT2D eigenvalue weighted by Gasteiger charge is 2.17. The highest BCUT2D eigenvalue weighted by atomic mass is 32.2. The number of thioether (sulfide) groups is 1. The third-order valence-corrected chi connectivity index (χ3v) is 4.14. The summed E-state index contributed by atoms with van der Waals surface area (Å²) < 4.78 is 5.61. The van der Waals surface area contributed by atoms with Crippen molar-refractivity contribution in [2.45, 2.75) is 44.2 Å². The molecule has 1 aliphatic rings. The Labute approximate surface area is 106 Å². The van der Waals surface area contributed by atoms with Crippen molar-refractivity contribution in [3.8, 4) is 0 Å². The third kappa shape index (κ3) is 3.10. The molecule has 5 heteroatoms. The molecule has 1 saturated heterocycles. The highest BCUT2D eigenvalue weighted by molar-refractivity contribution is 7.99. The number of anilines is 1. The second-order valence-electron chi connectivity index (χ2n) is 4.25. The van der Waals surface area contributed by atoms with Gasteiger partial charge in [-0.2, -0.15) is 0 Å². The highest BCUT2D eigenvalue weighted by Crippen LogP contribution is 2.27. The molecule has 94 valence electrons. The van der Waals surface area contributed by atoms with Crippen LogP contribution in [0, 0.1) is 6.92 Å². The zero-order valence-corrected chi connectivity index (χ0v) is 11.2. The quantitative estimate of drug-likeness (QED) is 0.658. The number of nitrogens with two attached hydrogens (primary N) is 1. The Kier molecular flexibility index (Phi) is 4.23. The SMILES string of the molecule is CCc1nc(N)c(C)c(SCC2CCCO2)n1. The van der Waals surface area contributed by atoms with Gasteiger partial charge in [-0.25, -0.2) is 9.97 Å². The Morgan fingerprint density at radius 2 is 2.29 bits per heavy atom. The van der Waals surface area contributed by atoms with Crippen LogP contribution in [0.4, 0.5) is 5.82 Å². The van der Waals surface area contributed by atoms with Crippen molar-refractivity contribution in [3.05, 3.63) is 11.4 Å². The number of nitrogen functional groups attached to an aromatic ring is 1. The lowest BCUT2D eigenvalue weighted by Gasteiger charge is -2.11. The van der Waals surface area contributed by atoms with Crippen LogP contribution in [0.1, 0.15) is 31.2 Å². The van der Waals surface area contributed by atoms with E-state index in [-0.39, 0.29) is 0 Å². The lowest BCUT2D eigenvalue weighted by molar-refractivity contribution is 0.129. The minimum absolute atomic E-state index is 0.376. The van der Waals surface area contributed by atoms with E-state index in [0.717, 1.165) is 41.6 Å². The summed E-state index contributed by atoms with van der Waals surface area (Å²) >= 11 is 1.73. The largest absolute Gasteiger partial charge is 0.383 e. The standard InChI is InChI=1S/C12H19N3OS/c1-3-10-14-11(13)8(2)12(15-10)17-7-9-5-4-6-16-9/h9H,3-7H2,1-2H3,(H2,13,14,15). The summed E-state index contributed by atoms with van der Waals surface area (Å²) in [6, 6.07) is 0. The van der Waals surface area contributed by atoms with Crippen LogP contribution in [0.5, 0.6) is 0 Å². The maximum atomic E-state index is 5.89. The summed E-state index contributed by atoms with van der Waals surface area (Å²) in [5, 5.41) is 1.00. The first kappa shape index (κ1) is 12.6. The van der Waals surface area contributed by atoms with E-state index in [1.54, 1.807) is 11.8 Å². The molecular weight excluding hydrogens is 234 g/mol. The van der Waals surface area contributed by atoms with E-state index in [9.17, 15) is 0 Å². The fourth-order valence-electron chi connectivity index (χ4n) is 1.80. The molecule has 2 heterocycles. The van der Waals surface area contributed by atoms with Gasteiger partial charge in [0.15, 0.2) is 0 Å². The van der Waals surface area contributed by atoms with Gasteiger partial charge in [-0.05, 0) is 19.8 Å². The molecule has 1 atom stereocenters. The van der Waals surface area contributed by atoms with Gasteiger partial charge in [0, 0.05) is 24.3 Å². The Balaban J connectivity index is 2.05. The van der Waals surface area contributed by atoms with Crippen LogP contribution in [0.25, 0.3) is 0 Å². The minimum atomic E-state index is 0.376. The first-order valence-corrected chi connectivity index (χ1v) is 7.06. The lowest BCUT2D eigenvalue weighted by atomic mass is 10.3. The number of rotatable bonds is 4. The average molecular weight is 253 g/mol. The van der Waals surface area contributed by atoms with Crippen molar-refractivity contribution in [3.63, 3.8) is 0 Å². The molecule has 0 saturated carbocycles. The molecule has 2 rings (SSSR count). The number of hydrogen-bond acceptors (Lipinski definition) is 5. The minimum Gasteiger partial charge on any atom is -0.383 e. The average Bonchev–Trinajstić information content (AvgIpc) is 2.84. The molecule has 1 aromatic rings. The summed E-state index contributed by atoms with van der Waals surface area (Å²) in [7, 11) is 0. The lowest BCUT2D eigenvalue weighted by Crippen LogP contribution is -2.09. The predicted octanol–water partition coefficient (Wildman–Crippen LogP) is 2.20. The Hall–Kier alpha value is -0.810. The van der Waals surface area contributed by atoms with Crippen molar-refractivity contribution in [1.29, 1.82) is 0 Å². The molecule has 0 spiro atoms. The summed E-state index contributed by atoms with van der Waals surface area (Å²) in [4.78, 5) is 8.78. The van der Waals surface area contributed by atoms with Crippen LogP contribution < -0.4 is 5.73 Å².